The van der Waals surface area contributed by atoms with Gasteiger partial charge in [0, 0.05) is 19.6 Å². The number of anilines is 1. The van der Waals surface area contributed by atoms with Crippen LogP contribution in [0.5, 0.6) is 23.1 Å². The Bertz CT molecular complexity index is 1230. The highest BCUT2D eigenvalue weighted by Gasteiger charge is 2.36. The van der Waals surface area contributed by atoms with Crippen LogP contribution in [-0.4, -0.2) is 46.9 Å². The zero-order chi connectivity index (χ0) is 25.0. The van der Waals surface area contributed by atoms with Gasteiger partial charge in [-0.3, -0.25) is 9.59 Å². The number of aromatic nitrogens is 1. The average Bonchev–Trinajstić information content (AvgIpc) is 2.84. The van der Waals surface area contributed by atoms with Crippen LogP contribution in [-0.2, 0) is 4.79 Å². The number of nitrogens with zero attached hydrogens (tertiary/aromatic N) is 3. The number of pyridine rings is 1. The maximum absolute atomic E-state index is 12.2. The first-order valence-corrected chi connectivity index (χ1v) is 11.3. The molecule has 2 heterocycles. The Morgan fingerprint density at radius 3 is 2.17 bits per heavy atom. The van der Waals surface area contributed by atoms with Crippen LogP contribution in [0.2, 0.25) is 0 Å². The lowest BCUT2D eigenvalue weighted by Gasteiger charge is -2.47. The van der Waals surface area contributed by atoms with E-state index < -0.39 is 11.4 Å². The molecule has 0 saturated carbocycles. The first-order chi connectivity index (χ1) is 16.8. The Balaban J connectivity index is 1.53. The molecule has 1 aliphatic rings. The van der Waals surface area contributed by atoms with Gasteiger partial charge in [-0.25, -0.2) is 0 Å². The maximum Gasteiger partial charge on any atom is 0.254 e. The topological polar surface area (TPSA) is 98.0 Å². The van der Waals surface area contributed by atoms with Gasteiger partial charge in [0.15, 0.2) is 0 Å². The first-order valence-electron chi connectivity index (χ1n) is 11.3. The molecule has 180 valence electrons. The molecule has 2 aromatic carbocycles. The molecule has 2 N–H and O–H groups in total. The SMILES string of the molecule is C=CC(=O)N1CCN(c2ccc(C(N)=O)c(Oc3ccc(Oc4ccccc4)cc3)n2)CC1(C)C. The quantitative estimate of drug-likeness (QED) is 0.513. The standard InChI is InChI=1S/C27H28N4O4/c1-4-24(32)31-17-16-30(18-27(31,2)3)23-15-14-22(25(28)33)26(29-23)35-21-12-10-20(11-13-21)34-19-8-6-5-7-9-19/h4-15H,1,16-18H2,2-3H3,(H2,28,33). The van der Waals surface area contributed by atoms with Gasteiger partial charge in [-0.2, -0.15) is 4.98 Å². The first kappa shape index (κ1) is 23.8. The van der Waals surface area contributed by atoms with Crippen LogP contribution in [0.1, 0.15) is 24.2 Å². The fourth-order valence-electron chi connectivity index (χ4n) is 4.05. The molecule has 2 amide bonds. The Morgan fingerprint density at radius 1 is 0.943 bits per heavy atom. The van der Waals surface area contributed by atoms with Crippen molar-refractivity contribution in [3.05, 3.63) is 84.9 Å². The zero-order valence-corrected chi connectivity index (χ0v) is 19.8. The van der Waals surface area contributed by atoms with Gasteiger partial charge in [-0.05, 0) is 68.5 Å². The Morgan fingerprint density at radius 2 is 1.57 bits per heavy atom. The van der Waals surface area contributed by atoms with Gasteiger partial charge in [0.25, 0.3) is 5.91 Å². The predicted octanol–water partition coefficient (Wildman–Crippen LogP) is 4.38. The van der Waals surface area contributed by atoms with Crippen molar-refractivity contribution in [3.63, 3.8) is 0 Å². The van der Waals surface area contributed by atoms with E-state index in [0.29, 0.717) is 37.0 Å². The number of rotatable bonds is 7. The minimum atomic E-state index is -0.634. The second-order valence-electron chi connectivity index (χ2n) is 8.80. The normalized spacial score (nSPS) is 14.8. The van der Waals surface area contributed by atoms with E-state index in [0.717, 1.165) is 5.75 Å². The average molecular weight is 473 g/mol. The van der Waals surface area contributed by atoms with E-state index in [-0.39, 0.29) is 17.4 Å². The molecule has 35 heavy (non-hydrogen) atoms. The molecule has 3 aromatic rings. The molecule has 0 unspecified atom stereocenters. The third-order valence-electron chi connectivity index (χ3n) is 5.79. The van der Waals surface area contributed by atoms with Crippen LogP contribution >= 0.6 is 0 Å². The summed E-state index contributed by atoms with van der Waals surface area (Å²) in [7, 11) is 0. The molecule has 8 nitrogen and oxygen atoms in total. The van der Waals surface area contributed by atoms with Crippen LogP contribution in [0.25, 0.3) is 0 Å². The van der Waals surface area contributed by atoms with Crippen molar-refractivity contribution in [1.82, 2.24) is 9.88 Å². The smallest absolute Gasteiger partial charge is 0.254 e. The lowest BCUT2D eigenvalue weighted by Crippen LogP contribution is -2.61. The number of amides is 2. The predicted molar refractivity (Wildman–Crippen MR) is 134 cm³/mol. The molecule has 0 atom stereocenters. The molecule has 0 aliphatic carbocycles. The van der Waals surface area contributed by atoms with Crippen molar-refractivity contribution >= 4 is 17.6 Å². The van der Waals surface area contributed by atoms with Gasteiger partial charge in [0.1, 0.15) is 28.6 Å². The fraction of sp³-hybridized carbons (Fsp3) is 0.222. The van der Waals surface area contributed by atoms with Crippen molar-refractivity contribution in [2.24, 2.45) is 5.73 Å². The highest BCUT2D eigenvalue weighted by Crippen LogP contribution is 2.31. The van der Waals surface area contributed by atoms with Crippen molar-refractivity contribution in [2.45, 2.75) is 19.4 Å². The van der Waals surface area contributed by atoms with Gasteiger partial charge >= 0.3 is 0 Å². The summed E-state index contributed by atoms with van der Waals surface area (Å²) in [5.41, 5.74) is 5.32. The molecule has 0 spiro atoms. The number of hydrogen-bond acceptors (Lipinski definition) is 6. The van der Waals surface area contributed by atoms with Crippen molar-refractivity contribution in [2.75, 3.05) is 24.5 Å². The van der Waals surface area contributed by atoms with Crippen LogP contribution in [0.4, 0.5) is 5.82 Å². The van der Waals surface area contributed by atoms with E-state index in [2.05, 4.69) is 16.5 Å². The third kappa shape index (κ3) is 5.43. The maximum atomic E-state index is 12.2. The second-order valence-corrected chi connectivity index (χ2v) is 8.80. The minimum Gasteiger partial charge on any atom is -0.457 e. The summed E-state index contributed by atoms with van der Waals surface area (Å²) in [6.07, 6.45) is 1.33. The third-order valence-corrected chi connectivity index (χ3v) is 5.79. The molecule has 1 saturated heterocycles. The number of primary amides is 1. The Labute approximate surface area is 204 Å². The summed E-state index contributed by atoms with van der Waals surface area (Å²) in [5.74, 6) is 1.88. The van der Waals surface area contributed by atoms with Crippen molar-refractivity contribution in [3.8, 4) is 23.1 Å². The molecule has 1 fully saturated rings. The van der Waals surface area contributed by atoms with E-state index >= 15 is 0 Å². The van der Waals surface area contributed by atoms with E-state index in [1.54, 1.807) is 41.3 Å². The minimum absolute atomic E-state index is 0.101. The van der Waals surface area contributed by atoms with Gasteiger partial charge in [0.2, 0.25) is 11.8 Å². The molecule has 0 radical (unpaired) electrons. The molecular formula is C27H28N4O4. The molecule has 4 rings (SSSR count). The number of carbonyl (C=O) groups excluding carboxylic acids is 2. The van der Waals surface area contributed by atoms with Crippen molar-refractivity contribution in [1.29, 1.82) is 0 Å². The number of nitrogens with two attached hydrogens (primary N) is 1. The molecule has 1 aliphatic heterocycles. The summed E-state index contributed by atoms with van der Waals surface area (Å²) >= 11 is 0. The molecular weight excluding hydrogens is 444 g/mol. The number of carbonyl (C=O) groups is 2. The van der Waals surface area contributed by atoms with Gasteiger partial charge in [-0.1, -0.05) is 24.8 Å². The summed E-state index contributed by atoms with van der Waals surface area (Å²) in [6.45, 7) is 9.25. The molecule has 1 aromatic heterocycles. The lowest BCUT2D eigenvalue weighted by molar-refractivity contribution is -0.131. The van der Waals surface area contributed by atoms with Gasteiger partial charge in [-0.15, -0.1) is 0 Å². The van der Waals surface area contributed by atoms with Crippen LogP contribution in [0.15, 0.2) is 79.4 Å². The highest BCUT2D eigenvalue weighted by atomic mass is 16.5. The number of para-hydroxylation sites is 1. The van der Waals surface area contributed by atoms with Crippen LogP contribution in [0.3, 0.4) is 0 Å². The summed E-state index contributed by atoms with van der Waals surface area (Å²) in [6, 6.07) is 19.8. The Kier molecular flexibility index (Phi) is 6.73. The largest absolute Gasteiger partial charge is 0.457 e. The van der Waals surface area contributed by atoms with Crippen LogP contribution < -0.4 is 20.1 Å². The fourth-order valence-corrected chi connectivity index (χ4v) is 4.05. The van der Waals surface area contributed by atoms with E-state index in [9.17, 15) is 9.59 Å². The van der Waals surface area contributed by atoms with Gasteiger partial charge < -0.3 is 25.0 Å². The summed E-state index contributed by atoms with van der Waals surface area (Å²) < 4.78 is 11.8. The second kappa shape index (κ2) is 9.89. The van der Waals surface area contributed by atoms with E-state index in [1.807, 2.05) is 44.2 Å². The monoisotopic (exact) mass is 472 g/mol. The zero-order valence-electron chi connectivity index (χ0n) is 19.8. The summed E-state index contributed by atoms with van der Waals surface area (Å²) in [5, 5.41) is 0. The highest BCUT2D eigenvalue weighted by molar-refractivity contribution is 5.95. The number of piperazine rings is 1. The molecule has 0 bridgehead atoms. The number of ether oxygens (including phenoxy) is 2. The number of benzene rings is 2. The Hall–Kier alpha value is -4.33. The van der Waals surface area contributed by atoms with Crippen molar-refractivity contribution < 1.29 is 19.1 Å². The van der Waals surface area contributed by atoms with E-state index in [1.165, 1.54) is 6.08 Å². The molecule has 8 heteroatoms. The van der Waals surface area contributed by atoms with Gasteiger partial charge in [0.05, 0.1) is 5.54 Å². The summed E-state index contributed by atoms with van der Waals surface area (Å²) in [4.78, 5) is 32.7. The van der Waals surface area contributed by atoms with E-state index in [4.69, 9.17) is 15.2 Å². The van der Waals surface area contributed by atoms with Crippen LogP contribution in [0, 0.1) is 0 Å². The number of hydrogen-bond donors (Lipinski definition) is 1. The lowest BCUT2D eigenvalue weighted by atomic mass is 9.98.